The molecule has 3 heteroatoms. The summed E-state index contributed by atoms with van der Waals surface area (Å²) in [5.41, 5.74) is 1.36. The van der Waals surface area contributed by atoms with Crippen LogP contribution in [0, 0.1) is 0 Å². The van der Waals surface area contributed by atoms with Gasteiger partial charge in [-0.3, -0.25) is 0 Å². The number of fused-ring (bicyclic) bond motifs is 3. The van der Waals surface area contributed by atoms with Crippen LogP contribution in [0.25, 0.3) is 21.7 Å². The quantitative estimate of drug-likeness (QED) is 0.180. The number of rotatable bonds is 10. The maximum Gasteiger partial charge on any atom is 0.213 e. The zero-order valence-electron chi connectivity index (χ0n) is 15.5. The molecule has 140 valence electrons. The number of unbranched alkanes of at least 4 members (excludes halogenated alkanes) is 7. The van der Waals surface area contributed by atoms with Crippen LogP contribution < -0.4 is 21.5 Å². The molecule has 3 aromatic rings. The number of aromatic nitrogens is 1. The highest BCUT2D eigenvalue weighted by Gasteiger charge is 2.12. The Kier molecular flexibility index (Phi) is 9.63. The van der Waals surface area contributed by atoms with Crippen molar-refractivity contribution in [2.45, 2.75) is 57.9 Å². The Bertz CT molecular complexity index is 800. The minimum Gasteiger partial charge on any atom is -1.00 e. The predicted octanol–water partition coefficient (Wildman–Crippen LogP) is 3.80. The SMILES string of the molecule is BrCCCCCCCCCC[n+]1cc2ccccc2c2ccccc21.[Br-]. The van der Waals surface area contributed by atoms with E-state index in [0.717, 1.165) is 11.9 Å². The van der Waals surface area contributed by atoms with Crippen LogP contribution in [0.15, 0.2) is 54.7 Å². The van der Waals surface area contributed by atoms with Gasteiger partial charge in [0.1, 0.15) is 6.54 Å². The molecular formula is C23H29Br2N. The number of nitrogens with zero attached hydrogens (tertiary/aromatic N) is 1. The summed E-state index contributed by atoms with van der Waals surface area (Å²) in [7, 11) is 0. The average molecular weight is 479 g/mol. The van der Waals surface area contributed by atoms with E-state index in [2.05, 4.69) is 75.2 Å². The van der Waals surface area contributed by atoms with Gasteiger partial charge in [-0.25, -0.2) is 0 Å². The Balaban J connectivity index is 0.00000243. The summed E-state index contributed by atoms with van der Waals surface area (Å²) in [6, 6.07) is 17.5. The van der Waals surface area contributed by atoms with Crippen molar-refractivity contribution in [1.29, 1.82) is 0 Å². The fourth-order valence-corrected chi connectivity index (χ4v) is 4.06. The Labute approximate surface area is 176 Å². The molecule has 0 aliphatic heterocycles. The van der Waals surface area contributed by atoms with Crippen molar-refractivity contribution in [1.82, 2.24) is 0 Å². The van der Waals surface area contributed by atoms with Gasteiger partial charge in [0.25, 0.3) is 0 Å². The van der Waals surface area contributed by atoms with Gasteiger partial charge in [-0.2, -0.15) is 4.57 Å². The Morgan fingerprint density at radius 2 is 1.23 bits per heavy atom. The molecule has 1 nitrogen and oxygen atoms in total. The number of halogens is 2. The van der Waals surface area contributed by atoms with E-state index in [-0.39, 0.29) is 17.0 Å². The van der Waals surface area contributed by atoms with Crippen LogP contribution in [-0.2, 0) is 6.54 Å². The lowest BCUT2D eigenvalue weighted by Crippen LogP contribution is -3.00. The molecule has 1 heterocycles. The van der Waals surface area contributed by atoms with Gasteiger partial charge < -0.3 is 17.0 Å². The topological polar surface area (TPSA) is 3.88 Å². The third kappa shape index (κ3) is 5.79. The number of hydrogen-bond donors (Lipinski definition) is 0. The summed E-state index contributed by atoms with van der Waals surface area (Å²) in [5.74, 6) is 0. The molecule has 0 radical (unpaired) electrons. The lowest BCUT2D eigenvalue weighted by molar-refractivity contribution is -0.670. The van der Waals surface area contributed by atoms with Crippen LogP contribution in [0.3, 0.4) is 0 Å². The second-order valence-corrected chi connectivity index (χ2v) is 7.74. The summed E-state index contributed by atoms with van der Waals surface area (Å²) in [6.45, 7) is 1.12. The molecule has 0 saturated carbocycles. The normalized spacial score (nSPS) is 11.0. The van der Waals surface area contributed by atoms with Gasteiger partial charge in [0.05, 0.1) is 5.39 Å². The van der Waals surface area contributed by atoms with Crippen molar-refractivity contribution in [3.8, 4) is 0 Å². The smallest absolute Gasteiger partial charge is 0.213 e. The summed E-state index contributed by atoms with van der Waals surface area (Å²) in [4.78, 5) is 0. The third-order valence-electron chi connectivity index (χ3n) is 5.04. The van der Waals surface area contributed by atoms with Crippen molar-refractivity contribution < 1.29 is 21.5 Å². The van der Waals surface area contributed by atoms with Crippen LogP contribution >= 0.6 is 15.9 Å². The molecular weight excluding hydrogens is 450 g/mol. The molecule has 0 aliphatic rings. The molecule has 26 heavy (non-hydrogen) atoms. The summed E-state index contributed by atoms with van der Waals surface area (Å²) >= 11 is 3.50. The maximum absolute atomic E-state index is 3.50. The summed E-state index contributed by atoms with van der Waals surface area (Å²) in [5, 5.41) is 5.22. The molecule has 3 rings (SSSR count). The van der Waals surface area contributed by atoms with E-state index in [1.807, 2.05) is 0 Å². The van der Waals surface area contributed by atoms with E-state index >= 15 is 0 Å². The van der Waals surface area contributed by atoms with E-state index in [1.54, 1.807) is 0 Å². The van der Waals surface area contributed by atoms with Gasteiger partial charge in [-0.1, -0.05) is 78.4 Å². The van der Waals surface area contributed by atoms with Gasteiger partial charge in [0.2, 0.25) is 5.52 Å². The first-order valence-corrected chi connectivity index (χ1v) is 10.9. The standard InChI is InChI=1S/C23H29BrN.BrH/c24-17-11-5-3-1-2-4-6-12-18-25-19-20-13-7-8-14-21(20)22-15-9-10-16-23(22)25;/h7-10,13-16,19H,1-6,11-12,17-18H2;1H/q+1;/p-1. The van der Waals surface area contributed by atoms with E-state index in [0.29, 0.717) is 0 Å². The first kappa shape index (κ1) is 21.4. The van der Waals surface area contributed by atoms with Crippen LogP contribution in [0.5, 0.6) is 0 Å². The molecule has 0 fully saturated rings. The van der Waals surface area contributed by atoms with Crippen LogP contribution in [0.1, 0.15) is 51.4 Å². The highest BCUT2D eigenvalue weighted by atomic mass is 79.9. The lowest BCUT2D eigenvalue weighted by atomic mass is 10.1. The Morgan fingerprint density at radius 1 is 0.654 bits per heavy atom. The largest absolute Gasteiger partial charge is 1.00 e. The van der Waals surface area contributed by atoms with Gasteiger partial charge in [-0.05, 0) is 25.0 Å². The van der Waals surface area contributed by atoms with E-state index in [9.17, 15) is 0 Å². The predicted molar refractivity (Wildman–Crippen MR) is 112 cm³/mol. The van der Waals surface area contributed by atoms with Crippen molar-refractivity contribution in [2.24, 2.45) is 0 Å². The van der Waals surface area contributed by atoms with E-state index < -0.39 is 0 Å². The number of benzene rings is 2. The lowest BCUT2D eigenvalue weighted by Gasteiger charge is -2.06. The molecule has 1 aromatic heterocycles. The molecule has 2 aromatic carbocycles. The molecule has 0 saturated heterocycles. The van der Waals surface area contributed by atoms with Gasteiger partial charge in [0.15, 0.2) is 6.20 Å². The van der Waals surface area contributed by atoms with Gasteiger partial charge in [-0.15, -0.1) is 0 Å². The van der Waals surface area contributed by atoms with Crippen molar-refractivity contribution >= 4 is 37.6 Å². The van der Waals surface area contributed by atoms with Crippen molar-refractivity contribution in [3.05, 3.63) is 54.7 Å². The first-order valence-electron chi connectivity index (χ1n) is 9.76. The van der Waals surface area contributed by atoms with Crippen LogP contribution in [-0.4, -0.2) is 5.33 Å². The summed E-state index contributed by atoms with van der Waals surface area (Å²) < 4.78 is 2.45. The molecule has 0 bridgehead atoms. The minimum absolute atomic E-state index is 0. The minimum atomic E-state index is 0. The highest BCUT2D eigenvalue weighted by Crippen LogP contribution is 2.22. The monoisotopic (exact) mass is 477 g/mol. The molecule has 0 amide bonds. The van der Waals surface area contributed by atoms with Gasteiger partial charge >= 0.3 is 0 Å². The van der Waals surface area contributed by atoms with Gasteiger partial charge in [0, 0.05) is 28.6 Å². The molecule has 0 N–H and O–H groups in total. The fourth-order valence-electron chi connectivity index (χ4n) is 3.67. The van der Waals surface area contributed by atoms with E-state index in [4.69, 9.17) is 0 Å². The fraction of sp³-hybridized carbons (Fsp3) is 0.435. The second-order valence-electron chi connectivity index (χ2n) is 6.94. The Hall–Kier alpha value is -0.930. The summed E-state index contributed by atoms with van der Waals surface area (Å²) in [6.07, 6.45) is 13.2. The van der Waals surface area contributed by atoms with Crippen molar-refractivity contribution in [3.63, 3.8) is 0 Å². The zero-order chi connectivity index (χ0) is 17.3. The average Bonchev–Trinajstić information content (AvgIpc) is 2.66. The van der Waals surface area contributed by atoms with Crippen LogP contribution in [0.2, 0.25) is 0 Å². The highest BCUT2D eigenvalue weighted by molar-refractivity contribution is 9.09. The number of aryl methyl sites for hydroxylation is 1. The number of pyridine rings is 1. The second kappa shape index (κ2) is 11.7. The number of alkyl halides is 1. The number of hydrogen-bond acceptors (Lipinski definition) is 0. The molecule has 0 atom stereocenters. The molecule has 0 aliphatic carbocycles. The number of para-hydroxylation sites is 1. The molecule has 0 unspecified atom stereocenters. The van der Waals surface area contributed by atoms with Crippen LogP contribution in [0.4, 0.5) is 0 Å². The maximum atomic E-state index is 3.50. The third-order valence-corrected chi connectivity index (χ3v) is 5.60. The first-order chi connectivity index (χ1) is 12.4. The molecule has 0 spiro atoms. The Morgan fingerprint density at radius 3 is 1.96 bits per heavy atom. The van der Waals surface area contributed by atoms with E-state index in [1.165, 1.54) is 73.0 Å². The van der Waals surface area contributed by atoms with Crippen molar-refractivity contribution in [2.75, 3.05) is 5.33 Å². The zero-order valence-corrected chi connectivity index (χ0v) is 18.6.